The van der Waals surface area contributed by atoms with Crippen LogP contribution in [0.3, 0.4) is 0 Å². The number of carbonyl (C=O) groups excluding carboxylic acids is 1. The monoisotopic (exact) mass is 279 g/mol. The van der Waals surface area contributed by atoms with Crippen LogP contribution >= 0.6 is 0 Å². The largest absolute Gasteiger partial charge is 0.378 e. The van der Waals surface area contributed by atoms with Crippen molar-refractivity contribution in [1.29, 1.82) is 0 Å². The number of para-hydroxylation sites is 1. The predicted octanol–water partition coefficient (Wildman–Crippen LogP) is 4.60. The van der Waals surface area contributed by atoms with E-state index in [9.17, 15) is 4.79 Å². The fourth-order valence-corrected chi connectivity index (χ4v) is 3.15. The third kappa shape index (κ3) is 3.33. The Bertz CT molecular complexity index is 579. The summed E-state index contributed by atoms with van der Waals surface area (Å²) in [6.45, 7) is 0. The van der Waals surface area contributed by atoms with Crippen molar-refractivity contribution in [3.05, 3.63) is 66.2 Å². The molecule has 2 aromatic carbocycles. The van der Waals surface area contributed by atoms with E-state index in [2.05, 4.69) is 29.6 Å². The second-order valence-electron chi connectivity index (χ2n) is 5.72. The minimum Gasteiger partial charge on any atom is -0.378 e. The SMILES string of the molecule is O=C1CCCCC1[C@@H](Nc1ccccc1)c1ccccc1. The van der Waals surface area contributed by atoms with Gasteiger partial charge in [0.15, 0.2) is 0 Å². The topological polar surface area (TPSA) is 29.1 Å². The maximum absolute atomic E-state index is 12.4. The van der Waals surface area contributed by atoms with Crippen molar-refractivity contribution in [2.45, 2.75) is 31.7 Å². The zero-order valence-corrected chi connectivity index (χ0v) is 12.2. The molecule has 1 aliphatic rings. The standard InChI is InChI=1S/C19H21NO/c21-18-14-8-7-13-17(18)19(15-9-3-1-4-10-15)20-16-11-5-2-6-12-16/h1-6,9-12,17,19-20H,7-8,13-14H2/t17?,19-/m0/s1. The molecule has 0 radical (unpaired) electrons. The Labute approximate surface area is 126 Å². The van der Waals surface area contributed by atoms with Gasteiger partial charge in [0.1, 0.15) is 5.78 Å². The highest BCUT2D eigenvalue weighted by Crippen LogP contribution is 2.34. The highest BCUT2D eigenvalue weighted by molar-refractivity contribution is 5.83. The third-order valence-corrected chi connectivity index (χ3v) is 4.26. The lowest BCUT2D eigenvalue weighted by atomic mass is 9.80. The highest BCUT2D eigenvalue weighted by Gasteiger charge is 2.31. The van der Waals surface area contributed by atoms with Crippen molar-refractivity contribution in [1.82, 2.24) is 0 Å². The Morgan fingerprint density at radius 1 is 0.905 bits per heavy atom. The Balaban J connectivity index is 1.89. The zero-order chi connectivity index (χ0) is 14.5. The van der Waals surface area contributed by atoms with Crippen LogP contribution in [0.2, 0.25) is 0 Å². The predicted molar refractivity (Wildman–Crippen MR) is 86.2 cm³/mol. The van der Waals surface area contributed by atoms with Gasteiger partial charge in [0.25, 0.3) is 0 Å². The number of hydrogen-bond donors (Lipinski definition) is 1. The van der Waals surface area contributed by atoms with Crippen molar-refractivity contribution >= 4 is 11.5 Å². The molecule has 108 valence electrons. The third-order valence-electron chi connectivity index (χ3n) is 4.26. The van der Waals surface area contributed by atoms with Gasteiger partial charge in [-0.25, -0.2) is 0 Å². The fraction of sp³-hybridized carbons (Fsp3) is 0.316. The first kappa shape index (κ1) is 13.9. The van der Waals surface area contributed by atoms with Crippen molar-refractivity contribution in [3.63, 3.8) is 0 Å². The van der Waals surface area contributed by atoms with Crippen LogP contribution in [0.25, 0.3) is 0 Å². The van der Waals surface area contributed by atoms with Gasteiger partial charge in [-0.3, -0.25) is 4.79 Å². The Morgan fingerprint density at radius 2 is 1.57 bits per heavy atom. The maximum Gasteiger partial charge on any atom is 0.138 e. The van der Waals surface area contributed by atoms with Crippen molar-refractivity contribution in [2.75, 3.05) is 5.32 Å². The van der Waals surface area contributed by atoms with E-state index in [1.165, 1.54) is 5.56 Å². The van der Waals surface area contributed by atoms with E-state index in [0.717, 1.165) is 31.4 Å². The summed E-state index contributed by atoms with van der Waals surface area (Å²) in [5.74, 6) is 0.486. The summed E-state index contributed by atoms with van der Waals surface area (Å²) < 4.78 is 0. The number of hydrogen-bond acceptors (Lipinski definition) is 2. The molecule has 2 atom stereocenters. The van der Waals surface area contributed by atoms with E-state index >= 15 is 0 Å². The molecule has 2 heteroatoms. The summed E-state index contributed by atoms with van der Waals surface area (Å²) in [4.78, 5) is 12.4. The van der Waals surface area contributed by atoms with Gasteiger partial charge in [0.2, 0.25) is 0 Å². The van der Waals surface area contributed by atoms with E-state index in [-0.39, 0.29) is 12.0 Å². The second-order valence-corrected chi connectivity index (χ2v) is 5.72. The molecule has 0 aromatic heterocycles. The lowest BCUT2D eigenvalue weighted by Gasteiger charge is -2.31. The average molecular weight is 279 g/mol. The second kappa shape index (κ2) is 6.57. The van der Waals surface area contributed by atoms with Crippen LogP contribution in [0.5, 0.6) is 0 Å². The molecule has 2 nitrogen and oxygen atoms in total. The first-order valence-electron chi connectivity index (χ1n) is 7.74. The molecule has 1 aliphatic carbocycles. The van der Waals surface area contributed by atoms with Gasteiger partial charge >= 0.3 is 0 Å². The number of anilines is 1. The number of ketones is 1. The van der Waals surface area contributed by atoms with E-state index in [0.29, 0.717) is 5.78 Å². The molecule has 1 N–H and O–H groups in total. The molecular formula is C19H21NO. The molecule has 2 aromatic rings. The van der Waals surface area contributed by atoms with Gasteiger partial charge in [-0.2, -0.15) is 0 Å². The van der Waals surface area contributed by atoms with Crippen LogP contribution < -0.4 is 5.32 Å². The number of nitrogens with one attached hydrogen (secondary N) is 1. The first-order valence-corrected chi connectivity index (χ1v) is 7.74. The highest BCUT2D eigenvalue weighted by atomic mass is 16.1. The van der Waals surface area contributed by atoms with Gasteiger partial charge < -0.3 is 5.32 Å². The van der Waals surface area contributed by atoms with Crippen molar-refractivity contribution in [2.24, 2.45) is 5.92 Å². The number of rotatable bonds is 4. The van der Waals surface area contributed by atoms with Crippen LogP contribution in [0.1, 0.15) is 37.3 Å². The Hall–Kier alpha value is -2.09. The maximum atomic E-state index is 12.4. The van der Waals surface area contributed by atoms with Crippen molar-refractivity contribution < 1.29 is 4.79 Å². The van der Waals surface area contributed by atoms with Crippen LogP contribution in [-0.2, 0) is 4.79 Å². The summed E-state index contributed by atoms with van der Waals surface area (Å²) >= 11 is 0. The van der Waals surface area contributed by atoms with E-state index in [1.807, 2.05) is 36.4 Å². The molecule has 0 bridgehead atoms. The molecule has 1 unspecified atom stereocenters. The van der Waals surface area contributed by atoms with Gasteiger partial charge in [-0.15, -0.1) is 0 Å². The van der Waals surface area contributed by atoms with Crippen LogP contribution in [0.15, 0.2) is 60.7 Å². The molecule has 0 spiro atoms. The smallest absolute Gasteiger partial charge is 0.138 e. The van der Waals surface area contributed by atoms with E-state index < -0.39 is 0 Å². The summed E-state index contributed by atoms with van der Waals surface area (Å²) in [6, 6.07) is 20.6. The molecule has 3 rings (SSSR count). The van der Waals surface area contributed by atoms with Gasteiger partial charge in [-0.1, -0.05) is 55.0 Å². The molecular weight excluding hydrogens is 258 g/mol. The lowest BCUT2D eigenvalue weighted by Crippen LogP contribution is -2.30. The average Bonchev–Trinajstić information content (AvgIpc) is 2.55. The molecule has 0 heterocycles. The van der Waals surface area contributed by atoms with Gasteiger partial charge in [-0.05, 0) is 30.5 Å². The zero-order valence-electron chi connectivity index (χ0n) is 12.2. The lowest BCUT2D eigenvalue weighted by molar-refractivity contribution is -0.125. The summed E-state index contributed by atoms with van der Waals surface area (Å²) in [5.41, 5.74) is 2.27. The molecule has 21 heavy (non-hydrogen) atoms. The quantitative estimate of drug-likeness (QED) is 0.886. The fourth-order valence-electron chi connectivity index (χ4n) is 3.15. The van der Waals surface area contributed by atoms with Crippen LogP contribution in [0, 0.1) is 5.92 Å². The normalized spacial score (nSPS) is 20.0. The van der Waals surface area contributed by atoms with Crippen molar-refractivity contribution in [3.8, 4) is 0 Å². The Kier molecular flexibility index (Phi) is 4.34. The summed E-state index contributed by atoms with van der Waals surface area (Å²) in [5, 5.41) is 3.57. The number of benzene rings is 2. The number of Topliss-reactive ketones (excluding diaryl/α,β-unsaturated/α-hetero) is 1. The Morgan fingerprint density at radius 3 is 2.24 bits per heavy atom. The summed E-state index contributed by atoms with van der Waals surface area (Å²) in [6.07, 6.45) is 3.90. The molecule has 1 fully saturated rings. The number of carbonyl (C=O) groups is 1. The van der Waals surface area contributed by atoms with Gasteiger partial charge in [0, 0.05) is 18.0 Å². The molecule has 0 amide bonds. The molecule has 0 aliphatic heterocycles. The molecule has 0 saturated heterocycles. The molecule has 1 saturated carbocycles. The first-order chi connectivity index (χ1) is 10.3. The summed E-state index contributed by atoms with van der Waals surface area (Å²) in [7, 11) is 0. The van der Waals surface area contributed by atoms with Gasteiger partial charge in [0.05, 0.1) is 6.04 Å². The minimum absolute atomic E-state index is 0.0707. The van der Waals surface area contributed by atoms with E-state index in [4.69, 9.17) is 0 Å². The minimum atomic E-state index is 0.0707. The van der Waals surface area contributed by atoms with Crippen LogP contribution in [-0.4, -0.2) is 5.78 Å². The van der Waals surface area contributed by atoms with E-state index in [1.54, 1.807) is 0 Å². The van der Waals surface area contributed by atoms with Crippen LogP contribution in [0.4, 0.5) is 5.69 Å².